The minimum atomic E-state index is -0.428. The molecule has 302 valence electrons. The lowest BCUT2D eigenvalue weighted by molar-refractivity contribution is 0.0193. The predicted octanol–water partition coefficient (Wildman–Crippen LogP) is 7.23. The van der Waals surface area contributed by atoms with Gasteiger partial charge in [0.15, 0.2) is 5.75 Å². The molecule has 3 amide bonds. The van der Waals surface area contributed by atoms with Crippen molar-refractivity contribution in [3.63, 3.8) is 0 Å². The van der Waals surface area contributed by atoms with Crippen molar-refractivity contribution >= 4 is 34.5 Å². The van der Waals surface area contributed by atoms with E-state index in [-0.39, 0.29) is 17.9 Å². The van der Waals surface area contributed by atoms with Crippen LogP contribution >= 0.6 is 0 Å². The molecule has 1 atom stereocenters. The van der Waals surface area contributed by atoms with E-state index < -0.39 is 6.09 Å². The second kappa shape index (κ2) is 15.9. The first-order valence-electron chi connectivity index (χ1n) is 20.5. The number of amides is 3. The van der Waals surface area contributed by atoms with Crippen molar-refractivity contribution in [2.24, 2.45) is 14.1 Å². The molecule has 1 fully saturated rings. The van der Waals surface area contributed by atoms with Gasteiger partial charge in [-0.15, -0.1) is 0 Å². The Morgan fingerprint density at radius 1 is 0.797 bits per heavy atom. The van der Waals surface area contributed by atoms with Gasteiger partial charge in [0.25, 0.3) is 11.8 Å². The maximum atomic E-state index is 15.4. The van der Waals surface area contributed by atoms with Crippen LogP contribution in [0.2, 0.25) is 0 Å². The van der Waals surface area contributed by atoms with Crippen LogP contribution in [0, 0.1) is 6.92 Å². The van der Waals surface area contributed by atoms with Crippen molar-refractivity contribution < 1.29 is 23.9 Å². The summed E-state index contributed by atoms with van der Waals surface area (Å²) in [5, 5.41) is 0.997. The minimum Gasteiger partial charge on any atom is -0.408 e. The summed E-state index contributed by atoms with van der Waals surface area (Å²) in [6.45, 7) is 6.95. The molecule has 0 N–H and O–H groups in total. The fourth-order valence-electron chi connectivity index (χ4n) is 9.06. The van der Waals surface area contributed by atoms with Crippen LogP contribution in [0.1, 0.15) is 48.7 Å². The Morgan fingerprint density at radius 2 is 1.56 bits per heavy atom. The molecule has 0 unspecified atom stereocenters. The lowest BCUT2D eigenvalue weighted by Gasteiger charge is -2.41. The zero-order chi connectivity index (χ0) is 40.8. The third kappa shape index (κ3) is 7.29. The summed E-state index contributed by atoms with van der Waals surface area (Å²) in [5.74, 6) is 0.314. The third-order valence-electron chi connectivity index (χ3n) is 12.6. The highest BCUT2D eigenvalue weighted by atomic mass is 16.6. The second-order valence-corrected chi connectivity index (χ2v) is 16.1. The van der Waals surface area contributed by atoms with E-state index in [4.69, 9.17) is 9.47 Å². The van der Waals surface area contributed by atoms with Crippen molar-refractivity contribution in [1.82, 2.24) is 23.8 Å². The quantitative estimate of drug-likeness (QED) is 0.170. The van der Waals surface area contributed by atoms with Crippen molar-refractivity contribution in [3.05, 3.63) is 142 Å². The molecule has 11 nitrogen and oxygen atoms in total. The first-order valence-corrected chi connectivity index (χ1v) is 20.5. The maximum Gasteiger partial charge on any atom is 0.415 e. The van der Waals surface area contributed by atoms with E-state index in [1.54, 1.807) is 16.8 Å². The first kappa shape index (κ1) is 38.4. The van der Waals surface area contributed by atoms with Crippen molar-refractivity contribution in [1.29, 1.82) is 0 Å². The number of ether oxygens (including phenoxy) is 2. The average Bonchev–Trinajstić information content (AvgIpc) is 3.80. The summed E-state index contributed by atoms with van der Waals surface area (Å²) in [7, 11) is 5.69. The topological polar surface area (TPSA) is 92.5 Å². The number of carbonyl (C=O) groups excluding carboxylic acids is 3. The van der Waals surface area contributed by atoms with E-state index in [9.17, 15) is 9.59 Å². The van der Waals surface area contributed by atoms with Gasteiger partial charge in [-0.25, -0.2) is 4.79 Å². The van der Waals surface area contributed by atoms with E-state index in [1.165, 1.54) is 5.56 Å². The van der Waals surface area contributed by atoms with Gasteiger partial charge in [0.1, 0.15) is 0 Å². The van der Waals surface area contributed by atoms with Crippen molar-refractivity contribution in [2.45, 2.75) is 38.9 Å². The van der Waals surface area contributed by atoms with Gasteiger partial charge in [-0.1, -0.05) is 54.6 Å². The van der Waals surface area contributed by atoms with Crippen LogP contribution in [0.25, 0.3) is 22.2 Å². The number of benzene rings is 4. The lowest BCUT2D eigenvalue weighted by atomic mass is 9.89. The van der Waals surface area contributed by atoms with Gasteiger partial charge < -0.3 is 33.3 Å². The summed E-state index contributed by atoms with van der Waals surface area (Å²) in [5.41, 5.74) is 9.54. The molecule has 2 aromatic heterocycles. The molecule has 1 saturated heterocycles. The van der Waals surface area contributed by atoms with Gasteiger partial charge in [-0.05, 0) is 84.5 Å². The Balaban J connectivity index is 1.10. The van der Waals surface area contributed by atoms with E-state index in [1.807, 2.05) is 114 Å². The molecule has 11 heteroatoms. The van der Waals surface area contributed by atoms with Crippen molar-refractivity contribution in [3.8, 4) is 17.0 Å². The van der Waals surface area contributed by atoms with Crippen LogP contribution in [0.5, 0.6) is 5.75 Å². The van der Waals surface area contributed by atoms with Gasteiger partial charge in [0, 0.05) is 106 Å². The molecular weight excluding hydrogens is 741 g/mol. The van der Waals surface area contributed by atoms with Crippen LogP contribution in [0.4, 0.5) is 10.5 Å². The van der Waals surface area contributed by atoms with E-state index >= 15 is 4.79 Å². The highest BCUT2D eigenvalue weighted by Gasteiger charge is 2.35. The van der Waals surface area contributed by atoms with E-state index in [0.717, 1.165) is 76.3 Å². The number of anilines is 1. The van der Waals surface area contributed by atoms with Crippen LogP contribution in [0.3, 0.4) is 0 Å². The van der Waals surface area contributed by atoms with Gasteiger partial charge in [-0.2, -0.15) is 0 Å². The number of rotatable bonds is 7. The number of para-hydroxylation sites is 2. The van der Waals surface area contributed by atoms with Crippen LogP contribution in [-0.2, 0) is 44.8 Å². The summed E-state index contributed by atoms with van der Waals surface area (Å²) in [6.07, 6.45) is 2.86. The van der Waals surface area contributed by atoms with Gasteiger partial charge in [-0.3, -0.25) is 14.5 Å². The zero-order valence-corrected chi connectivity index (χ0v) is 34.2. The highest BCUT2D eigenvalue weighted by Crippen LogP contribution is 2.36. The van der Waals surface area contributed by atoms with Crippen LogP contribution in [-0.4, -0.2) is 94.2 Å². The molecule has 5 heterocycles. The minimum absolute atomic E-state index is 0.0575. The summed E-state index contributed by atoms with van der Waals surface area (Å²) in [4.78, 5) is 51.2. The molecular formula is C48H50N6O5. The Kier molecular flexibility index (Phi) is 10.3. The Hall–Kier alpha value is -6.17. The molecule has 0 aliphatic carbocycles. The van der Waals surface area contributed by atoms with E-state index in [0.29, 0.717) is 56.1 Å². The molecule has 59 heavy (non-hydrogen) atoms. The zero-order valence-electron chi connectivity index (χ0n) is 34.2. The molecule has 0 bridgehead atoms. The molecule has 4 aromatic carbocycles. The molecule has 0 radical (unpaired) electrons. The maximum absolute atomic E-state index is 15.4. The molecule has 9 rings (SSSR count). The predicted molar refractivity (Wildman–Crippen MR) is 229 cm³/mol. The molecule has 3 aliphatic rings. The fraction of sp³-hybridized carbons (Fsp3) is 0.312. The van der Waals surface area contributed by atoms with Crippen molar-refractivity contribution in [2.75, 3.05) is 51.3 Å². The van der Waals surface area contributed by atoms with Gasteiger partial charge in [0.2, 0.25) is 0 Å². The largest absolute Gasteiger partial charge is 0.415 e. The van der Waals surface area contributed by atoms with E-state index in [2.05, 4.69) is 29.2 Å². The molecule has 6 aromatic rings. The number of fused-ring (bicyclic) bond motifs is 3. The summed E-state index contributed by atoms with van der Waals surface area (Å²) >= 11 is 0. The Bertz CT molecular complexity index is 2570. The second-order valence-electron chi connectivity index (χ2n) is 16.1. The summed E-state index contributed by atoms with van der Waals surface area (Å²) in [6, 6.07) is 31.7. The molecule has 0 saturated carbocycles. The highest BCUT2D eigenvalue weighted by molar-refractivity contribution is 6.08. The number of nitrogens with zero attached hydrogens (tertiary/aromatic N) is 6. The number of morpholine rings is 1. The normalized spacial score (nSPS) is 16.8. The number of aryl methyl sites for hydroxylation is 1. The standard InChI is InChI=1S/C48H50N6O5/c1-32-40(46(55)51(4)38-14-6-5-7-15-38)28-43(50(32)3)41-26-35-18-20-53(48(57)59-44-16-10-13-33-17-19-49(2)45(33)44)29-37(35)27-42(41)47(56)54-30-36-12-9-8-11-34(36)25-39(54)31-52-21-23-58-24-22-52/h5-17,19,26-28,39H,18,20-25,29-31H2,1-4H3/t39-/m0/s1. The van der Waals surface area contributed by atoms with Gasteiger partial charge in [0.05, 0.1) is 24.3 Å². The number of aromatic nitrogens is 2. The monoisotopic (exact) mass is 790 g/mol. The Labute approximate surface area is 344 Å². The SMILES string of the molecule is Cc1c(C(=O)N(C)c2ccccc2)cc(-c2cc3c(cc2C(=O)N2Cc4ccccc4C[C@H]2CN2CCOCC2)CN(C(=O)Oc2cccc4ccn(C)c24)CC3)n1C. The lowest BCUT2D eigenvalue weighted by Crippen LogP contribution is -2.52. The third-order valence-corrected chi connectivity index (χ3v) is 12.6. The number of hydrogen-bond acceptors (Lipinski definition) is 6. The average molecular weight is 791 g/mol. The number of carbonyl (C=O) groups is 3. The summed E-state index contributed by atoms with van der Waals surface area (Å²) < 4.78 is 15.7. The number of hydrogen-bond donors (Lipinski definition) is 0. The Morgan fingerprint density at radius 3 is 2.36 bits per heavy atom. The van der Waals surface area contributed by atoms with Crippen LogP contribution in [0.15, 0.2) is 103 Å². The fourth-order valence-corrected chi connectivity index (χ4v) is 9.06. The smallest absolute Gasteiger partial charge is 0.408 e. The van der Waals surface area contributed by atoms with Gasteiger partial charge >= 0.3 is 6.09 Å². The molecule has 0 spiro atoms. The first-order chi connectivity index (χ1) is 28.6. The van der Waals surface area contributed by atoms with Crippen LogP contribution < -0.4 is 9.64 Å². The molecule has 3 aliphatic heterocycles.